The molecule has 110 valence electrons. The van der Waals surface area contributed by atoms with Crippen molar-refractivity contribution in [2.24, 2.45) is 0 Å². The van der Waals surface area contributed by atoms with Gasteiger partial charge in [-0.05, 0) is 35.4 Å². The molecule has 0 radical (unpaired) electrons. The minimum Gasteiger partial charge on any atom is -0.378 e. The number of hydrogen-bond acceptors (Lipinski definition) is 4. The van der Waals surface area contributed by atoms with Crippen molar-refractivity contribution >= 4 is 28.6 Å². The van der Waals surface area contributed by atoms with Crippen molar-refractivity contribution in [3.63, 3.8) is 0 Å². The highest BCUT2D eigenvalue weighted by Crippen LogP contribution is 2.23. The summed E-state index contributed by atoms with van der Waals surface area (Å²) in [4.78, 5) is 16.3. The van der Waals surface area contributed by atoms with Crippen LogP contribution in [0.2, 0.25) is 0 Å². The second-order valence-electron chi connectivity index (χ2n) is 5.13. The Morgan fingerprint density at radius 2 is 2.10 bits per heavy atom. The number of ether oxygens (including phenoxy) is 1. The number of hydrogen-bond donors (Lipinski definition) is 0. The molecule has 1 unspecified atom stereocenters. The van der Waals surface area contributed by atoms with E-state index in [1.807, 2.05) is 14.5 Å². The van der Waals surface area contributed by atoms with Crippen LogP contribution in [0.25, 0.3) is 0 Å². The first-order valence-electron chi connectivity index (χ1n) is 6.93. The molecule has 2 aliphatic heterocycles. The van der Waals surface area contributed by atoms with Crippen molar-refractivity contribution in [3.8, 4) is 0 Å². The number of urea groups is 1. The van der Waals surface area contributed by atoms with E-state index in [1.165, 1.54) is 0 Å². The third kappa shape index (κ3) is 2.90. The fourth-order valence-electron chi connectivity index (χ4n) is 2.76. The Morgan fingerprint density at radius 3 is 2.80 bits per heavy atom. The van der Waals surface area contributed by atoms with Gasteiger partial charge in [-0.1, -0.05) is 5.21 Å². The maximum atomic E-state index is 12.5. The van der Waals surface area contributed by atoms with Gasteiger partial charge in [-0.25, -0.2) is 9.48 Å². The maximum absolute atomic E-state index is 12.5. The summed E-state index contributed by atoms with van der Waals surface area (Å²) >= 11 is 2.23. The summed E-state index contributed by atoms with van der Waals surface area (Å²) < 4.78 is 8.25. The van der Waals surface area contributed by atoms with Crippen LogP contribution in [-0.4, -0.2) is 70.2 Å². The minimum absolute atomic E-state index is 0.133. The van der Waals surface area contributed by atoms with Crippen molar-refractivity contribution in [2.75, 3.05) is 39.4 Å². The average molecular weight is 391 g/mol. The Hall–Kier alpha value is -0.900. The lowest BCUT2D eigenvalue weighted by atomic mass is 10.1. The Balaban J connectivity index is 1.65. The molecule has 0 aromatic carbocycles. The molecule has 2 aliphatic rings. The maximum Gasteiger partial charge on any atom is 0.320 e. The fraction of sp³-hybridized carbons (Fsp3) is 0.750. The molecule has 8 heteroatoms. The number of carbonyl (C=O) groups is 1. The molecule has 1 aromatic rings. The Morgan fingerprint density at radius 1 is 1.30 bits per heavy atom. The second-order valence-corrected chi connectivity index (χ2v) is 6.23. The van der Waals surface area contributed by atoms with E-state index in [0.29, 0.717) is 26.3 Å². The average Bonchev–Trinajstić information content (AvgIpc) is 2.94. The lowest BCUT2D eigenvalue weighted by molar-refractivity contribution is 0.0391. The van der Waals surface area contributed by atoms with Gasteiger partial charge in [-0.2, -0.15) is 0 Å². The predicted octanol–water partition coefficient (Wildman–Crippen LogP) is 0.972. The number of likely N-dealkylation sites (tertiary alicyclic amines) is 1. The Bertz CT molecular complexity index is 474. The third-order valence-corrected chi connectivity index (χ3v) is 4.60. The lowest BCUT2D eigenvalue weighted by Gasteiger charge is -2.37. The van der Waals surface area contributed by atoms with Gasteiger partial charge in [0, 0.05) is 26.2 Å². The largest absolute Gasteiger partial charge is 0.378 e. The SMILES string of the molecule is O=C(N1CCOCC1)N1CCCC(n2nncc2I)C1. The van der Waals surface area contributed by atoms with Crippen LogP contribution in [0.3, 0.4) is 0 Å². The zero-order chi connectivity index (χ0) is 13.9. The zero-order valence-corrected chi connectivity index (χ0v) is 13.4. The van der Waals surface area contributed by atoms with Gasteiger partial charge in [0.1, 0.15) is 3.70 Å². The lowest BCUT2D eigenvalue weighted by Crippen LogP contribution is -2.51. The van der Waals surface area contributed by atoms with Gasteiger partial charge in [-0.3, -0.25) is 0 Å². The highest BCUT2D eigenvalue weighted by atomic mass is 127. The van der Waals surface area contributed by atoms with Crippen LogP contribution in [0.4, 0.5) is 4.79 Å². The fourth-order valence-corrected chi connectivity index (χ4v) is 3.38. The predicted molar refractivity (Wildman–Crippen MR) is 80.4 cm³/mol. The zero-order valence-electron chi connectivity index (χ0n) is 11.2. The molecule has 0 N–H and O–H groups in total. The van der Waals surface area contributed by atoms with Crippen LogP contribution in [0.15, 0.2) is 6.20 Å². The molecule has 2 saturated heterocycles. The van der Waals surface area contributed by atoms with Crippen molar-refractivity contribution in [1.29, 1.82) is 0 Å². The summed E-state index contributed by atoms with van der Waals surface area (Å²) in [6.07, 6.45) is 3.81. The van der Waals surface area contributed by atoms with Gasteiger partial charge in [-0.15, -0.1) is 5.10 Å². The van der Waals surface area contributed by atoms with E-state index < -0.39 is 0 Å². The number of halogens is 1. The van der Waals surface area contributed by atoms with Crippen LogP contribution < -0.4 is 0 Å². The van der Waals surface area contributed by atoms with Gasteiger partial charge in [0.25, 0.3) is 0 Å². The number of carbonyl (C=O) groups excluding carboxylic acids is 1. The van der Waals surface area contributed by atoms with E-state index in [1.54, 1.807) is 6.20 Å². The molecule has 20 heavy (non-hydrogen) atoms. The summed E-state index contributed by atoms with van der Waals surface area (Å²) in [6, 6.07) is 0.372. The number of morpholine rings is 1. The Kier molecular flexibility index (Phi) is 4.39. The van der Waals surface area contributed by atoms with Gasteiger partial charge >= 0.3 is 6.03 Å². The Labute approximate surface area is 131 Å². The molecular formula is C12H18IN5O2. The molecule has 0 bridgehead atoms. The highest BCUT2D eigenvalue weighted by Gasteiger charge is 2.29. The normalized spacial score (nSPS) is 23.9. The first-order valence-corrected chi connectivity index (χ1v) is 8.01. The van der Waals surface area contributed by atoms with E-state index >= 15 is 0 Å². The molecular weight excluding hydrogens is 373 g/mol. The first-order chi connectivity index (χ1) is 9.75. The molecule has 1 aromatic heterocycles. The number of nitrogens with zero attached hydrogens (tertiary/aromatic N) is 5. The summed E-state index contributed by atoms with van der Waals surface area (Å²) in [5, 5.41) is 8.07. The van der Waals surface area contributed by atoms with Crippen molar-refractivity contribution < 1.29 is 9.53 Å². The molecule has 3 heterocycles. The van der Waals surface area contributed by atoms with Crippen molar-refractivity contribution in [2.45, 2.75) is 18.9 Å². The van der Waals surface area contributed by atoms with Crippen LogP contribution in [0, 0.1) is 3.70 Å². The van der Waals surface area contributed by atoms with Gasteiger partial charge in [0.15, 0.2) is 0 Å². The van der Waals surface area contributed by atoms with E-state index in [2.05, 4.69) is 32.9 Å². The summed E-state index contributed by atoms with van der Waals surface area (Å²) in [6.45, 7) is 4.23. The number of piperidine rings is 1. The molecule has 0 aliphatic carbocycles. The second kappa shape index (κ2) is 6.25. The van der Waals surface area contributed by atoms with E-state index in [4.69, 9.17) is 4.74 Å². The van der Waals surface area contributed by atoms with Crippen LogP contribution in [0.1, 0.15) is 18.9 Å². The van der Waals surface area contributed by atoms with Crippen LogP contribution in [0.5, 0.6) is 0 Å². The number of rotatable bonds is 1. The molecule has 0 spiro atoms. The highest BCUT2D eigenvalue weighted by molar-refractivity contribution is 14.1. The van der Waals surface area contributed by atoms with Gasteiger partial charge in [0.05, 0.1) is 25.5 Å². The van der Waals surface area contributed by atoms with Crippen molar-refractivity contribution in [3.05, 3.63) is 9.90 Å². The smallest absolute Gasteiger partial charge is 0.320 e. The molecule has 2 amide bonds. The topological polar surface area (TPSA) is 63.5 Å². The van der Waals surface area contributed by atoms with E-state index in [9.17, 15) is 4.79 Å². The monoisotopic (exact) mass is 391 g/mol. The van der Waals surface area contributed by atoms with Crippen LogP contribution >= 0.6 is 22.6 Å². The minimum atomic E-state index is 0.133. The summed E-state index contributed by atoms with van der Waals surface area (Å²) in [5.74, 6) is 0. The quantitative estimate of drug-likeness (QED) is 0.670. The van der Waals surface area contributed by atoms with Crippen molar-refractivity contribution in [1.82, 2.24) is 24.8 Å². The summed E-state index contributed by atoms with van der Waals surface area (Å²) in [5.41, 5.74) is 0. The molecule has 7 nitrogen and oxygen atoms in total. The van der Waals surface area contributed by atoms with Gasteiger partial charge in [0.2, 0.25) is 0 Å². The van der Waals surface area contributed by atoms with E-state index in [0.717, 1.165) is 29.6 Å². The number of amides is 2. The van der Waals surface area contributed by atoms with Crippen LogP contribution in [-0.2, 0) is 4.74 Å². The third-order valence-electron chi connectivity index (χ3n) is 3.83. The molecule has 3 rings (SSSR count). The number of aromatic nitrogens is 3. The molecule has 1 atom stereocenters. The van der Waals surface area contributed by atoms with E-state index in [-0.39, 0.29) is 12.1 Å². The molecule has 2 fully saturated rings. The van der Waals surface area contributed by atoms with Gasteiger partial charge < -0.3 is 14.5 Å². The summed E-state index contributed by atoms with van der Waals surface area (Å²) in [7, 11) is 0. The molecule has 0 saturated carbocycles. The standard InChI is InChI=1S/C12H18IN5O2/c13-11-8-14-15-18(11)10-2-1-3-17(9-10)12(19)16-4-6-20-7-5-16/h8,10H,1-7,9H2. The first kappa shape index (κ1) is 14.1.